The fourth-order valence-corrected chi connectivity index (χ4v) is 1.73. The van der Waals surface area contributed by atoms with Crippen molar-refractivity contribution in [1.29, 1.82) is 0 Å². The van der Waals surface area contributed by atoms with Gasteiger partial charge in [0, 0.05) is 18.4 Å². The molecule has 1 aromatic rings. The third-order valence-electron chi connectivity index (χ3n) is 3.03. The second-order valence-electron chi connectivity index (χ2n) is 4.53. The summed E-state index contributed by atoms with van der Waals surface area (Å²) in [6.45, 7) is 1.74. The van der Waals surface area contributed by atoms with Gasteiger partial charge in [0.25, 0.3) is 5.91 Å². The zero-order valence-corrected chi connectivity index (χ0v) is 12.1. The summed E-state index contributed by atoms with van der Waals surface area (Å²) >= 11 is 0. The third kappa shape index (κ3) is 5.25. The fraction of sp³-hybridized carbons (Fsp3) is 0.400. The molecule has 21 heavy (non-hydrogen) atoms. The number of aromatic hydroxyl groups is 1. The summed E-state index contributed by atoms with van der Waals surface area (Å²) in [6.07, 6.45) is 0.787. The largest absolute Gasteiger partial charge is 0.508 e. The molecule has 0 saturated carbocycles. The molecule has 1 aromatic carbocycles. The highest BCUT2D eigenvalue weighted by Gasteiger charge is 2.22. The van der Waals surface area contributed by atoms with Crippen molar-refractivity contribution in [3.63, 3.8) is 0 Å². The lowest BCUT2D eigenvalue weighted by Crippen LogP contribution is -2.41. The molecule has 0 fully saturated rings. The topological polar surface area (TPSA) is 92.7 Å². The number of benzene rings is 1. The Hall–Kier alpha value is -2.37. The van der Waals surface area contributed by atoms with E-state index in [-0.39, 0.29) is 24.4 Å². The summed E-state index contributed by atoms with van der Waals surface area (Å²) in [5, 5.41) is 11.7. The molecule has 1 rings (SSSR count). The number of Topliss-reactive ketones (excluding diaryl/α,β-unsaturated/α-hetero) is 1. The van der Waals surface area contributed by atoms with E-state index in [4.69, 9.17) is 0 Å². The highest BCUT2D eigenvalue weighted by Crippen LogP contribution is 2.10. The van der Waals surface area contributed by atoms with Crippen molar-refractivity contribution in [3.8, 4) is 5.75 Å². The van der Waals surface area contributed by atoms with Crippen LogP contribution in [0.1, 0.15) is 36.5 Å². The second-order valence-corrected chi connectivity index (χ2v) is 4.53. The first-order chi connectivity index (χ1) is 9.97. The predicted octanol–water partition coefficient (Wildman–Crippen LogP) is 1.42. The van der Waals surface area contributed by atoms with Gasteiger partial charge in [-0.05, 0) is 30.7 Å². The molecular weight excluding hydrogens is 274 g/mol. The summed E-state index contributed by atoms with van der Waals surface area (Å²) in [7, 11) is 1.23. The van der Waals surface area contributed by atoms with E-state index >= 15 is 0 Å². The molecule has 6 heteroatoms. The van der Waals surface area contributed by atoms with Gasteiger partial charge in [0.05, 0.1) is 7.11 Å². The molecule has 0 aliphatic heterocycles. The molecule has 0 spiro atoms. The summed E-state index contributed by atoms with van der Waals surface area (Å²) in [5.41, 5.74) is 0.309. The highest BCUT2D eigenvalue weighted by atomic mass is 16.5. The van der Waals surface area contributed by atoms with Crippen LogP contribution in [0.3, 0.4) is 0 Å². The maximum absolute atomic E-state index is 12.0. The number of esters is 1. The minimum absolute atomic E-state index is 0.0165. The summed E-state index contributed by atoms with van der Waals surface area (Å²) < 4.78 is 4.63. The Kier molecular flexibility index (Phi) is 6.39. The normalized spacial score (nSPS) is 11.5. The number of carbonyl (C=O) groups excluding carboxylic acids is 3. The van der Waals surface area contributed by atoms with Gasteiger partial charge in [0.2, 0.25) is 0 Å². The van der Waals surface area contributed by atoms with Crippen LogP contribution in [0.15, 0.2) is 24.3 Å². The summed E-state index contributed by atoms with van der Waals surface area (Å²) in [5.74, 6) is -0.993. The Balaban J connectivity index is 2.71. The van der Waals surface area contributed by atoms with E-state index in [1.807, 2.05) is 0 Å². The number of hydrogen-bond acceptors (Lipinski definition) is 5. The Bertz CT molecular complexity index is 509. The Morgan fingerprint density at radius 1 is 1.24 bits per heavy atom. The van der Waals surface area contributed by atoms with Crippen molar-refractivity contribution in [3.05, 3.63) is 29.8 Å². The van der Waals surface area contributed by atoms with Gasteiger partial charge >= 0.3 is 5.97 Å². The van der Waals surface area contributed by atoms with Crippen molar-refractivity contribution >= 4 is 17.7 Å². The van der Waals surface area contributed by atoms with E-state index in [0.29, 0.717) is 12.0 Å². The molecule has 0 heterocycles. The number of methoxy groups -OCH3 is 1. The fourth-order valence-electron chi connectivity index (χ4n) is 1.73. The van der Waals surface area contributed by atoms with Crippen LogP contribution in [0.4, 0.5) is 0 Å². The lowest BCUT2D eigenvalue weighted by atomic mass is 10.1. The van der Waals surface area contributed by atoms with Crippen LogP contribution in [0.25, 0.3) is 0 Å². The quantitative estimate of drug-likeness (QED) is 0.742. The summed E-state index contributed by atoms with van der Waals surface area (Å²) in [6, 6.07) is 4.77. The van der Waals surface area contributed by atoms with E-state index < -0.39 is 17.9 Å². The van der Waals surface area contributed by atoms with Crippen LogP contribution in [0, 0.1) is 0 Å². The van der Waals surface area contributed by atoms with Crippen LogP contribution < -0.4 is 5.32 Å². The lowest BCUT2D eigenvalue weighted by Gasteiger charge is -2.16. The van der Waals surface area contributed by atoms with Crippen molar-refractivity contribution in [2.75, 3.05) is 7.11 Å². The zero-order chi connectivity index (χ0) is 15.8. The first-order valence-electron chi connectivity index (χ1n) is 6.67. The molecule has 0 aliphatic rings. The van der Waals surface area contributed by atoms with E-state index in [1.54, 1.807) is 6.92 Å². The Morgan fingerprint density at radius 3 is 2.38 bits per heavy atom. The van der Waals surface area contributed by atoms with Gasteiger partial charge in [-0.25, -0.2) is 4.79 Å². The zero-order valence-electron chi connectivity index (χ0n) is 12.1. The van der Waals surface area contributed by atoms with Gasteiger partial charge in [-0.15, -0.1) is 0 Å². The van der Waals surface area contributed by atoms with E-state index in [0.717, 1.165) is 0 Å². The van der Waals surface area contributed by atoms with Gasteiger partial charge in [-0.3, -0.25) is 9.59 Å². The van der Waals surface area contributed by atoms with E-state index in [1.165, 1.54) is 31.4 Å². The molecule has 0 aliphatic carbocycles. The second kappa shape index (κ2) is 8.04. The van der Waals surface area contributed by atoms with Gasteiger partial charge in [-0.1, -0.05) is 6.92 Å². The molecule has 0 aromatic heterocycles. The average Bonchev–Trinajstić information content (AvgIpc) is 2.50. The number of hydrogen-bond donors (Lipinski definition) is 2. The molecule has 0 radical (unpaired) electrons. The van der Waals surface area contributed by atoms with Gasteiger partial charge < -0.3 is 15.2 Å². The number of phenolic OH excluding ortho intramolecular Hbond substituents is 1. The maximum Gasteiger partial charge on any atom is 0.328 e. The number of nitrogens with one attached hydrogen (secondary N) is 1. The van der Waals surface area contributed by atoms with Crippen LogP contribution in [0.5, 0.6) is 5.75 Å². The van der Waals surface area contributed by atoms with E-state index in [2.05, 4.69) is 10.1 Å². The molecule has 6 nitrogen and oxygen atoms in total. The predicted molar refractivity (Wildman–Crippen MR) is 75.9 cm³/mol. The Morgan fingerprint density at radius 2 is 1.86 bits per heavy atom. The molecule has 114 valence electrons. The van der Waals surface area contributed by atoms with Crippen LogP contribution >= 0.6 is 0 Å². The molecule has 1 amide bonds. The first-order valence-corrected chi connectivity index (χ1v) is 6.67. The smallest absolute Gasteiger partial charge is 0.328 e. The number of carbonyl (C=O) groups is 3. The summed E-state index contributed by atoms with van der Waals surface area (Å²) in [4.78, 5) is 35.0. The minimum atomic E-state index is -0.869. The standard InChI is InChI=1S/C15H19NO5/c1-3-11(17)8-9-13(15(20)21-2)16-14(19)10-4-6-12(18)7-5-10/h4-7,13,18H,3,8-9H2,1-2H3,(H,16,19)/t13-/m0/s1. The SMILES string of the molecule is CCC(=O)CC[C@H](NC(=O)c1ccc(O)cc1)C(=O)OC. The number of ketones is 1. The van der Waals surface area contributed by atoms with Crippen LogP contribution in [-0.2, 0) is 14.3 Å². The third-order valence-corrected chi connectivity index (χ3v) is 3.03. The van der Waals surface area contributed by atoms with Gasteiger partial charge in [0.1, 0.15) is 17.6 Å². The van der Waals surface area contributed by atoms with E-state index in [9.17, 15) is 19.5 Å². The van der Waals surface area contributed by atoms with Crippen LogP contribution in [0.2, 0.25) is 0 Å². The first kappa shape index (κ1) is 16.7. The van der Waals surface area contributed by atoms with Gasteiger partial charge in [0.15, 0.2) is 0 Å². The van der Waals surface area contributed by atoms with Crippen molar-refractivity contribution in [2.45, 2.75) is 32.2 Å². The van der Waals surface area contributed by atoms with Crippen molar-refractivity contribution < 1.29 is 24.2 Å². The molecule has 0 bridgehead atoms. The maximum atomic E-state index is 12.0. The van der Waals surface area contributed by atoms with Crippen molar-refractivity contribution in [1.82, 2.24) is 5.32 Å². The molecular formula is C15H19NO5. The Labute approximate surface area is 123 Å². The number of rotatable bonds is 7. The number of phenols is 1. The average molecular weight is 293 g/mol. The lowest BCUT2D eigenvalue weighted by molar-refractivity contribution is -0.143. The molecule has 0 unspecified atom stereocenters. The monoisotopic (exact) mass is 293 g/mol. The molecule has 2 N–H and O–H groups in total. The number of ether oxygens (including phenoxy) is 1. The van der Waals surface area contributed by atoms with Gasteiger partial charge in [-0.2, -0.15) is 0 Å². The molecule has 1 atom stereocenters. The van der Waals surface area contributed by atoms with Crippen molar-refractivity contribution in [2.24, 2.45) is 0 Å². The number of amides is 1. The minimum Gasteiger partial charge on any atom is -0.508 e. The highest BCUT2D eigenvalue weighted by molar-refractivity contribution is 5.97. The van der Waals surface area contributed by atoms with Crippen LogP contribution in [-0.4, -0.2) is 35.9 Å². The molecule has 0 saturated heterocycles.